The molecule has 2 aromatic carbocycles. The van der Waals surface area contributed by atoms with Crippen molar-refractivity contribution in [2.75, 3.05) is 6.61 Å². The quantitative estimate of drug-likeness (QED) is 0.451. The van der Waals surface area contributed by atoms with E-state index in [1.807, 2.05) is 13.0 Å². The minimum atomic E-state index is -0.893. The minimum Gasteiger partial charge on any atom is -0.491 e. The minimum absolute atomic E-state index is 0.0261. The van der Waals surface area contributed by atoms with Gasteiger partial charge in [-0.05, 0) is 87.0 Å². The van der Waals surface area contributed by atoms with Gasteiger partial charge >= 0.3 is 0 Å². The van der Waals surface area contributed by atoms with Crippen LogP contribution < -0.4 is 4.74 Å². The van der Waals surface area contributed by atoms with Crippen molar-refractivity contribution in [3.05, 3.63) is 64.5 Å². The number of halogens is 3. The zero-order chi connectivity index (χ0) is 22.4. The lowest BCUT2D eigenvalue weighted by atomic mass is 9.76. The van der Waals surface area contributed by atoms with Crippen LogP contribution in [0.25, 0.3) is 0 Å². The summed E-state index contributed by atoms with van der Waals surface area (Å²) < 4.78 is 48.2. The summed E-state index contributed by atoms with van der Waals surface area (Å²) in [4.78, 5) is 0. The fraction of sp³-hybridized carbons (Fsp3) is 0.538. The van der Waals surface area contributed by atoms with Gasteiger partial charge in [0, 0.05) is 5.56 Å². The zero-order valence-corrected chi connectivity index (χ0v) is 18.5. The third-order valence-corrected chi connectivity index (χ3v) is 6.49. The maximum atomic E-state index is 14.5. The van der Waals surface area contributed by atoms with Crippen molar-refractivity contribution in [3.63, 3.8) is 0 Å². The van der Waals surface area contributed by atoms with E-state index in [-0.39, 0.29) is 17.5 Å². The van der Waals surface area contributed by atoms with Crippen molar-refractivity contribution >= 4 is 0 Å². The number of hydrogen-bond donors (Lipinski definition) is 1. The van der Waals surface area contributed by atoms with Gasteiger partial charge in [-0.1, -0.05) is 31.5 Å². The van der Waals surface area contributed by atoms with Crippen LogP contribution in [0.3, 0.4) is 0 Å². The van der Waals surface area contributed by atoms with E-state index in [4.69, 9.17) is 4.74 Å². The summed E-state index contributed by atoms with van der Waals surface area (Å²) in [5.74, 6) is -1.52. The highest BCUT2D eigenvalue weighted by molar-refractivity contribution is 5.33. The van der Waals surface area contributed by atoms with Crippen molar-refractivity contribution < 1.29 is 23.0 Å². The lowest BCUT2D eigenvalue weighted by Gasteiger charge is -2.29. The van der Waals surface area contributed by atoms with Crippen LogP contribution in [0, 0.1) is 23.4 Å². The molecule has 1 fully saturated rings. The van der Waals surface area contributed by atoms with Crippen LogP contribution in [0.5, 0.6) is 5.75 Å². The number of aryl methyl sites for hydroxylation is 1. The number of hydrogen-bond acceptors (Lipinski definition) is 2. The lowest BCUT2D eigenvalue weighted by Crippen LogP contribution is -2.15. The molecule has 0 aliphatic heterocycles. The molecule has 0 heterocycles. The molecular formula is C26H33F3O2. The topological polar surface area (TPSA) is 29.5 Å². The van der Waals surface area contributed by atoms with E-state index in [1.165, 1.54) is 12.1 Å². The number of rotatable bonds is 9. The average Bonchev–Trinajstić information content (AvgIpc) is 2.76. The van der Waals surface area contributed by atoms with Crippen molar-refractivity contribution in [1.82, 2.24) is 0 Å². The molecule has 1 N–H and O–H groups in total. The summed E-state index contributed by atoms with van der Waals surface area (Å²) >= 11 is 0. The van der Waals surface area contributed by atoms with Crippen LogP contribution in [0.1, 0.15) is 87.5 Å². The van der Waals surface area contributed by atoms with Crippen LogP contribution in [-0.2, 0) is 6.42 Å². The molecule has 2 aromatic rings. The molecule has 5 heteroatoms. The Morgan fingerprint density at radius 3 is 2.39 bits per heavy atom. The first-order chi connectivity index (χ1) is 14.9. The predicted octanol–water partition coefficient (Wildman–Crippen LogP) is 7.24. The van der Waals surface area contributed by atoms with Gasteiger partial charge in [-0.15, -0.1) is 0 Å². The van der Waals surface area contributed by atoms with Gasteiger partial charge in [-0.2, -0.15) is 4.39 Å². The average molecular weight is 435 g/mol. The second-order valence-corrected chi connectivity index (χ2v) is 8.63. The Morgan fingerprint density at radius 2 is 1.74 bits per heavy atom. The first kappa shape index (κ1) is 23.6. The second kappa shape index (κ2) is 11.0. The van der Waals surface area contributed by atoms with E-state index in [0.29, 0.717) is 30.1 Å². The molecule has 31 heavy (non-hydrogen) atoms. The van der Waals surface area contributed by atoms with E-state index < -0.39 is 17.7 Å². The van der Waals surface area contributed by atoms with E-state index >= 15 is 0 Å². The molecule has 0 saturated heterocycles. The van der Waals surface area contributed by atoms with Crippen molar-refractivity contribution in [2.24, 2.45) is 5.92 Å². The third-order valence-electron chi connectivity index (χ3n) is 6.49. The fourth-order valence-corrected chi connectivity index (χ4v) is 4.69. The first-order valence-corrected chi connectivity index (χ1v) is 11.5. The molecule has 1 atom stereocenters. The second-order valence-electron chi connectivity index (χ2n) is 8.63. The van der Waals surface area contributed by atoms with Crippen LogP contribution in [-0.4, -0.2) is 11.7 Å². The van der Waals surface area contributed by atoms with Gasteiger partial charge in [0.25, 0.3) is 0 Å². The molecule has 0 radical (unpaired) electrons. The largest absolute Gasteiger partial charge is 0.491 e. The molecule has 1 aliphatic rings. The Hall–Kier alpha value is -2.01. The summed E-state index contributed by atoms with van der Waals surface area (Å²) in [6.45, 7) is 4.00. The molecule has 0 bridgehead atoms. The SMILES string of the molecule is CCCC(O)c1ccc(CCC2CCC(c3ccc(OCC)c(F)c3F)CC2)cc1F. The van der Waals surface area contributed by atoms with E-state index in [0.717, 1.165) is 50.5 Å². The Labute approximate surface area is 183 Å². The van der Waals surface area contributed by atoms with E-state index in [9.17, 15) is 18.3 Å². The summed E-state index contributed by atoms with van der Waals surface area (Å²) in [6, 6.07) is 8.33. The highest BCUT2D eigenvalue weighted by Crippen LogP contribution is 2.40. The smallest absolute Gasteiger partial charge is 0.200 e. The highest BCUT2D eigenvalue weighted by Gasteiger charge is 2.26. The molecule has 1 aliphatic carbocycles. The Balaban J connectivity index is 1.53. The van der Waals surface area contributed by atoms with Crippen molar-refractivity contribution in [3.8, 4) is 5.75 Å². The number of ether oxygens (including phenoxy) is 1. The fourth-order valence-electron chi connectivity index (χ4n) is 4.69. The van der Waals surface area contributed by atoms with Gasteiger partial charge in [0.2, 0.25) is 5.82 Å². The molecule has 2 nitrogen and oxygen atoms in total. The van der Waals surface area contributed by atoms with Crippen LogP contribution >= 0.6 is 0 Å². The molecule has 0 aromatic heterocycles. The predicted molar refractivity (Wildman–Crippen MR) is 117 cm³/mol. The molecule has 0 amide bonds. The summed E-state index contributed by atoms with van der Waals surface area (Å²) in [6.07, 6.45) is 5.89. The third kappa shape index (κ3) is 5.82. The number of benzene rings is 2. The standard InChI is InChI=1S/C26H33F3O2/c1-3-5-23(30)21-13-10-18(16-22(21)27)7-6-17-8-11-19(12-9-17)20-14-15-24(31-4-2)26(29)25(20)28/h10,13-17,19,23,30H,3-9,11-12H2,1-2H3. The van der Waals surface area contributed by atoms with Gasteiger partial charge in [-0.3, -0.25) is 0 Å². The van der Waals surface area contributed by atoms with Crippen LogP contribution in [0.15, 0.2) is 30.3 Å². The molecule has 1 saturated carbocycles. The normalized spacial score (nSPS) is 19.9. The Morgan fingerprint density at radius 1 is 1.00 bits per heavy atom. The number of aliphatic hydroxyl groups excluding tert-OH is 1. The summed E-state index contributed by atoms with van der Waals surface area (Å²) in [5.41, 5.74) is 1.75. The number of aliphatic hydroxyl groups is 1. The Kier molecular flexibility index (Phi) is 8.42. The van der Waals surface area contributed by atoms with Gasteiger partial charge in [0.05, 0.1) is 12.7 Å². The molecule has 1 unspecified atom stereocenters. The maximum Gasteiger partial charge on any atom is 0.200 e. The summed E-state index contributed by atoms with van der Waals surface area (Å²) in [7, 11) is 0. The lowest BCUT2D eigenvalue weighted by molar-refractivity contribution is 0.162. The molecule has 3 rings (SSSR count). The van der Waals surface area contributed by atoms with E-state index in [1.54, 1.807) is 19.1 Å². The molecular weight excluding hydrogens is 401 g/mol. The monoisotopic (exact) mass is 434 g/mol. The zero-order valence-electron chi connectivity index (χ0n) is 18.5. The van der Waals surface area contributed by atoms with Crippen LogP contribution in [0.2, 0.25) is 0 Å². The maximum absolute atomic E-state index is 14.5. The first-order valence-electron chi connectivity index (χ1n) is 11.5. The van der Waals surface area contributed by atoms with Gasteiger partial charge < -0.3 is 9.84 Å². The van der Waals surface area contributed by atoms with Crippen LogP contribution in [0.4, 0.5) is 13.2 Å². The molecule has 0 spiro atoms. The summed E-state index contributed by atoms with van der Waals surface area (Å²) in [5, 5.41) is 10.0. The van der Waals surface area contributed by atoms with Crippen molar-refractivity contribution in [1.29, 1.82) is 0 Å². The van der Waals surface area contributed by atoms with Gasteiger partial charge in [0.1, 0.15) is 5.82 Å². The van der Waals surface area contributed by atoms with Gasteiger partial charge in [-0.25, -0.2) is 8.78 Å². The Bertz CT molecular complexity index is 860. The van der Waals surface area contributed by atoms with E-state index in [2.05, 4.69) is 0 Å². The highest BCUT2D eigenvalue weighted by atomic mass is 19.2. The van der Waals surface area contributed by atoms with Gasteiger partial charge in [0.15, 0.2) is 11.6 Å². The van der Waals surface area contributed by atoms with Crippen molar-refractivity contribution in [2.45, 2.75) is 77.2 Å². The molecule has 170 valence electrons.